The Kier molecular flexibility index (Phi) is 6.28. The first-order valence-electron chi connectivity index (χ1n) is 9.98. The molecule has 1 aliphatic carbocycles. The molecule has 1 aromatic heterocycles. The predicted molar refractivity (Wildman–Crippen MR) is 109 cm³/mol. The number of hydrogen-bond donors (Lipinski definition) is 2. The highest BCUT2D eigenvalue weighted by atomic mass is 32.1. The zero-order valence-electron chi connectivity index (χ0n) is 16.0. The maximum atomic E-state index is 11.0. The number of rotatable bonds is 7. The van der Waals surface area contributed by atoms with Crippen LogP contribution < -0.4 is 4.74 Å². The van der Waals surface area contributed by atoms with Crippen LogP contribution in [0.2, 0.25) is 0 Å². The zero-order chi connectivity index (χ0) is 20.2. The quantitative estimate of drug-likeness (QED) is 0.523. The molecule has 1 aliphatic heterocycles. The first-order chi connectivity index (χ1) is 14.1. The number of carbonyl (C=O) groups is 1. The van der Waals surface area contributed by atoms with Crippen LogP contribution in [0.25, 0.3) is 0 Å². The summed E-state index contributed by atoms with van der Waals surface area (Å²) in [4.78, 5) is 15.2. The summed E-state index contributed by atoms with van der Waals surface area (Å²) in [7, 11) is 0. The third-order valence-corrected chi connectivity index (χ3v) is 6.60. The Hall–Kier alpha value is -2.22. The van der Waals surface area contributed by atoms with Gasteiger partial charge >= 0.3 is 5.97 Å². The Morgan fingerprint density at radius 2 is 2.14 bits per heavy atom. The van der Waals surface area contributed by atoms with E-state index in [0.717, 1.165) is 25.0 Å². The maximum Gasteiger partial charge on any atom is 0.355 e. The Labute approximate surface area is 173 Å². The van der Waals surface area contributed by atoms with Crippen LogP contribution in [0.1, 0.15) is 47.3 Å². The highest BCUT2D eigenvalue weighted by Crippen LogP contribution is 2.46. The van der Waals surface area contributed by atoms with E-state index in [1.807, 2.05) is 30.3 Å². The second kappa shape index (κ2) is 9.07. The van der Waals surface area contributed by atoms with Crippen LogP contribution in [0, 0.1) is 11.8 Å². The van der Waals surface area contributed by atoms with Gasteiger partial charge in [0.25, 0.3) is 0 Å². The summed E-state index contributed by atoms with van der Waals surface area (Å²) in [6.07, 6.45) is 6.71. The molecule has 29 heavy (non-hydrogen) atoms. The molecule has 2 unspecified atom stereocenters. The van der Waals surface area contributed by atoms with Crippen molar-refractivity contribution in [2.45, 2.75) is 44.0 Å². The average molecular weight is 416 g/mol. The van der Waals surface area contributed by atoms with Crippen molar-refractivity contribution in [3.63, 3.8) is 0 Å². The lowest BCUT2D eigenvalue weighted by atomic mass is 9.86. The van der Waals surface area contributed by atoms with Gasteiger partial charge in [-0.3, -0.25) is 0 Å². The van der Waals surface area contributed by atoms with Gasteiger partial charge in [-0.25, -0.2) is 9.78 Å². The van der Waals surface area contributed by atoms with Gasteiger partial charge in [-0.2, -0.15) is 0 Å². The van der Waals surface area contributed by atoms with Crippen LogP contribution >= 0.6 is 11.3 Å². The minimum Gasteiger partial charge on any atom is -0.493 e. The van der Waals surface area contributed by atoms with Crippen molar-refractivity contribution in [2.75, 3.05) is 6.61 Å². The van der Waals surface area contributed by atoms with Crippen LogP contribution in [0.3, 0.4) is 0 Å². The molecule has 5 atom stereocenters. The molecular formula is C22H25NO5S. The molecular weight excluding hydrogens is 390 g/mol. The molecule has 2 fully saturated rings. The lowest BCUT2D eigenvalue weighted by Gasteiger charge is -2.33. The summed E-state index contributed by atoms with van der Waals surface area (Å²) >= 11 is 1.33. The van der Waals surface area contributed by atoms with Crippen LogP contribution in [-0.2, 0) is 4.74 Å². The summed E-state index contributed by atoms with van der Waals surface area (Å²) in [5.74, 6) is 0.218. The van der Waals surface area contributed by atoms with Gasteiger partial charge in [0.1, 0.15) is 16.9 Å². The molecule has 0 spiro atoms. The van der Waals surface area contributed by atoms with E-state index in [1.165, 1.54) is 11.3 Å². The number of thiazole rings is 1. The fourth-order valence-electron chi connectivity index (χ4n) is 4.26. The minimum atomic E-state index is -1.01. The SMILES string of the molecule is O=C(O)c1csc(C2CC[C@@H]3C(/C=C/CCOc4ccccc4)[C@H](O)C[C@@H]3O2)n1. The Morgan fingerprint density at radius 1 is 1.31 bits per heavy atom. The van der Waals surface area contributed by atoms with Crippen molar-refractivity contribution in [3.05, 3.63) is 58.6 Å². The second-order valence-corrected chi connectivity index (χ2v) is 8.43. The van der Waals surface area contributed by atoms with Gasteiger partial charge in [0, 0.05) is 17.7 Å². The molecule has 2 aliphatic rings. The van der Waals surface area contributed by atoms with Gasteiger partial charge in [-0.15, -0.1) is 11.3 Å². The number of para-hydroxylation sites is 1. The molecule has 0 bridgehead atoms. The van der Waals surface area contributed by atoms with Gasteiger partial charge < -0.3 is 19.7 Å². The molecule has 2 aromatic rings. The fraction of sp³-hybridized carbons (Fsp3) is 0.455. The topological polar surface area (TPSA) is 88.9 Å². The Balaban J connectivity index is 1.29. The maximum absolute atomic E-state index is 11.0. The third-order valence-electron chi connectivity index (χ3n) is 5.66. The lowest BCUT2D eigenvalue weighted by molar-refractivity contribution is -0.0767. The summed E-state index contributed by atoms with van der Waals surface area (Å²) in [5, 5.41) is 21.9. The molecule has 2 N–H and O–H groups in total. The summed E-state index contributed by atoms with van der Waals surface area (Å²) < 4.78 is 11.9. The molecule has 4 rings (SSSR count). The number of fused-ring (bicyclic) bond motifs is 1. The molecule has 154 valence electrons. The number of carboxylic acid groups (broad SMARTS) is 1. The number of ether oxygens (including phenoxy) is 2. The van der Waals surface area contributed by atoms with Crippen molar-refractivity contribution in [1.82, 2.24) is 4.98 Å². The molecule has 0 amide bonds. The van der Waals surface area contributed by atoms with E-state index in [9.17, 15) is 9.90 Å². The molecule has 1 saturated heterocycles. The number of aliphatic hydroxyl groups is 1. The van der Waals surface area contributed by atoms with Gasteiger partial charge in [0.2, 0.25) is 0 Å². The monoisotopic (exact) mass is 415 g/mol. The van der Waals surface area contributed by atoms with Gasteiger partial charge in [-0.1, -0.05) is 30.4 Å². The molecule has 7 heteroatoms. The first kappa shape index (κ1) is 20.1. The van der Waals surface area contributed by atoms with Gasteiger partial charge in [0.15, 0.2) is 5.69 Å². The first-order valence-corrected chi connectivity index (χ1v) is 10.9. The number of nitrogens with zero attached hydrogens (tertiary/aromatic N) is 1. The largest absolute Gasteiger partial charge is 0.493 e. The summed E-state index contributed by atoms with van der Waals surface area (Å²) in [6, 6.07) is 9.73. The predicted octanol–water partition coefficient (Wildman–Crippen LogP) is 4.08. The lowest BCUT2D eigenvalue weighted by Crippen LogP contribution is -2.29. The third kappa shape index (κ3) is 4.69. The molecule has 0 radical (unpaired) electrons. The fourth-order valence-corrected chi connectivity index (χ4v) is 5.12. The van der Waals surface area contributed by atoms with Crippen molar-refractivity contribution in [1.29, 1.82) is 0 Å². The number of carboxylic acids is 1. The summed E-state index contributed by atoms with van der Waals surface area (Å²) in [6.45, 7) is 0.603. The number of aromatic nitrogens is 1. The zero-order valence-corrected chi connectivity index (χ0v) is 16.8. The van der Waals surface area contributed by atoms with Crippen LogP contribution in [0.4, 0.5) is 0 Å². The Bertz CT molecular complexity index is 852. The number of aliphatic hydroxyl groups excluding tert-OH is 1. The molecule has 1 saturated carbocycles. The molecule has 2 heterocycles. The minimum absolute atomic E-state index is 0.0175. The number of hydrogen-bond acceptors (Lipinski definition) is 6. The smallest absolute Gasteiger partial charge is 0.355 e. The van der Waals surface area contributed by atoms with E-state index in [-0.39, 0.29) is 29.7 Å². The number of benzene rings is 1. The van der Waals surface area contributed by atoms with Crippen molar-refractivity contribution in [2.24, 2.45) is 11.8 Å². The van der Waals surface area contributed by atoms with E-state index in [1.54, 1.807) is 5.38 Å². The second-order valence-electron chi connectivity index (χ2n) is 7.54. The number of aromatic carboxylic acids is 1. The average Bonchev–Trinajstić information content (AvgIpc) is 3.33. The van der Waals surface area contributed by atoms with Crippen LogP contribution in [0.15, 0.2) is 47.9 Å². The Morgan fingerprint density at radius 3 is 2.90 bits per heavy atom. The highest BCUT2D eigenvalue weighted by Gasteiger charge is 2.45. The van der Waals surface area contributed by atoms with Crippen molar-refractivity contribution in [3.8, 4) is 5.75 Å². The van der Waals surface area contributed by atoms with E-state index < -0.39 is 12.1 Å². The highest BCUT2D eigenvalue weighted by molar-refractivity contribution is 7.09. The van der Waals surface area contributed by atoms with Crippen LogP contribution in [0.5, 0.6) is 5.75 Å². The van der Waals surface area contributed by atoms with Crippen LogP contribution in [-0.4, -0.2) is 40.0 Å². The van der Waals surface area contributed by atoms with Crippen molar-refractivity contribution >= 4 is 17.3 Å². The van der Waals surface area contributed by atoms with E-state index in [2.05, 4.69) is 17.1 Å². The summed E-state index contributed by atoms with van der Waals surface area (Å²) in [5.41, 5.74) is 0.0701. The normalized spacial score (nSPS) is 29.1. The van der Waals surface area contributed by atoms with Crippen molar-refractivity contribution < 1.29 is 24.5 Å². The van der Waals surface area contributed by atoms with Gasteiger partial charge in [0.05, 0.1) is 18.8 Å². The standard InChI is InChI=1S/C22H25NO5S/c24-18-12-20-16(9-10-19(28-20)21-23-17(13-29-21)22(25)26)15(18)8-4-5-11-27-14-6-2-1-3-7-14/h1-4,6-8,13,15-16,18-20,24H,5,9-12H2,(H,25,26)/b8-4+/t15?,16-,18-,19?,20+/m1/s1. The van der Waals surface area contributed by atoms with E-state index >= 15 is 0 Å². The molecule has 1 aromatic carbocycles. The van der Waals surface area contributed by atoms with E-state index in [0.29, 0.717) is 18.0 Å². The van der Waals surface area contributed by atoms with Gasteiger partial charge in [-0.05, 0) is 37.3 Å². The van der Waals surface area contributed by atoms with E-state index in [4.69, 9.17) is 14.6 Å². The molecule has 6 nitrogen and oxygen atoms in total.